The topological polar surface area (TPSA) is 189 Å². The molecule has 1 aromatic rings. The molecule has 1 aliphatic heterocycles. The minimum atomic E-state index is -1.17. The lowest BCUT2D eigenvalue weighted by atomic mass is 10.4. The normalized spacial score (nSPS) is 19.9. The molecule has 0 fully saturated rings. The number of hydrogen-bond donors (Lipinski definition) is 5. The molecule has 12 heteroatoms. The average molecular weight is 470 g/mol. The van der Waals surface area contributed by atoms with Crippen LogP contribution in [0.3, 0.4) is 0 Å². The van der Waals surface area contributed by atoms with E-state index in [0.29, 0.717) is 30.0 Å². The Labute approximate surface area is 190 Å². The zero-order valence-corrected chi connectivity index (χ0v) is 18.5. The standard InChI is InChI=1S/C21H28N8O4/c1-11(30)3-8-15(20(32)33)26-19(31)12-4-6-14(7-5-12)29(2)10-13-9-24-18-16(25-13)17(22)27-21(23)28-18/h4-6,9,13-15,25H,3,7-8,10H2,1-2H3,(H,26,31)(H,32,33)(H4,22,23,27,28)/t13?,14?,15-/m0/s1/i3+1,4+1,5+1,6+1,7+1,8+1,9+1,10+1,11+1,12+1,13+1,14+1,15+1,20+1. The number of anilines is 3. The first-order valence-corrected chi connectivity index (χ1v) is 10.5. The fourth-order valence-electron chi connectivity index (χ4n) is 3.59. The van der Waals surface area contributed by atoms with Gasteiger partial charge < -0.3 is 32.0 Å². The Kier molecular flexibility index (Phi) is 7.38. The summed E-state index contributed by atoms with van der Waals surface area (Å²) < 4.78 is 0. The number of Topliss-reactive ketones (excluding diaryl/α,β-unsaturated/α-hetero) is 1. The number of carbonyl (C=O) groups excluding carboxylic acids is 2. The third kappa shape index (κ3) is 6.13. The number of rotatable bonds is 9. The van der Waals surface area contributed by atoms with Crippen molar-refractivity contribution in [3.63, 3.8) is 0 Å². The molecule has 7 N–H and O–H groups in total. The molecule has 0 spiro atoms. The quantitative estimate of drug-likeness (QED) is 0.313. The van der Waals surface area contributed by atoms with Crippen molar-refractivity contribution < 1.29 is 19.5 Å². The maximum Gasteiger partial charge on any atom is 0.326 e. The molecule has 2 unspecified atom stereocenters. The van der Waals surface area contributed by atoms with Crippen LogP contribution in [-0.2, 0) is 14.4 Å². The first-order chi connectivity index (χ1) is 15.6. The molecule has 1 amide bonds. The molecule has 3 rings (SSSR count). The van der Waals surface area contributed by atoms with E-state index in [9.17, 15) is 19.5 Å². The summed E-state index contributed by atoms with van der Waals surface area (Å²) >= 11 is 0. The molecule has 176 valence electrons. The van der Waals surface area contributed by atoms with Crippen molar-refractivity contribution in [2.24, 2.45) is 4.99 Å². The van der Waals surface area contributed by atoms with Crippen molar-refractivity contribution in [2.45, 2.75) is 44.3 Å². The number of aliphatic carboxylic acids is 1. The number of carboxylic acid groups (broad SMARTS) is 1. The minimum Gasteiger partial charge on any atom is -0.480 e. The van der Waals surface area contributed by atoms with Gasteiger partial charge in [0.05, 0.1) is 6.04 Å². The van der Waals surface area contributed by atoms with Crippen LogP contribution < -0.4 is 22.1 Å². The molecule has 1 aromatic heterocycles. The number of hydrogen-bond acceptors (Lipinski definition) is 10. The van der Waals surface area contributed by atoms with Gasteiger partial charge in [-0.2, -0.15) is 9.97 Å². The lowest BCUT2D eigenvalue weighted by Gasteiger charge is -2.31. The second-order valence-corrected chi connectivity index (χ2v) is 8.06. The fraction of sp³-hybridized carbons (Fsp3) is 0.429. The Balaban J connectivity index is 1.54. The van der Waals surface area contributed by atoms with Gasteiger partial charge in [-0.1, -0.05) is 18.2 Å². The van der Waals surface area contributed by atoms with E-state index < -0.39 is 17.9 Å². The summed E-state index contributed by atoms with van der Waals surface area (Å²) in [5.41, 5.74) is 12.5. The molecule has 0 bridgehead atoms. The summed E-state index contributed by atoms with van der Waals surface area (Å²) in [6.45, 7) is 1.99. The minimum absolute atomic E-state index is 0.0335. The second kappa shape index (κ2) is 10.2. The van der Waals surface area contributed by atoms with Gasteiger partial charge in [0.2, 0.25) is 5.95 Å². The van der Waals surface area contributed by atoms with Gasteiger partial charge in [0.1, 0.15) is 17.5 Å². The number of carboxylic acids is 1. The summed E-state index contributed by atoms with van der Waals surface area (Å²) in [6, 6.07) is -1.20. The molecular formula is C21H28N8O4. The summed E-state index contributed by atoms with van der Waals surface area (Å²) in [5, 5.41) is 15.0. The first-order valence-electron chi connectivity index (χ1n) is 10.5. The molecule has 0 saturated carbocycles. The Morgan fingerprint density at radius 2 is 2.09 bits per heavy atom. The van der Waals surface area contributed by atoms with Crippen LogP contribution in [-0.4, -0.2) is 75.6 Å². The summed E-state index contributed by atoms with van der Waals surface area (Å²) in [6.07, 6.45) is 7.80. The molecule has 2 heterocycles. The van der Waals surface area contributed by atoms with Crippen molar-refractivity contribution in [1.29, 1.82) is 0 Å². The number of nitrogens with two attached hydrogens (primary N) is 2. The number of aromatic nitrogens is 2. The number of nitrogens with one attached hydrogen (secondary N) is 2. The van der Waals surface area contributed by atoms with Gasteiger partial charge in [0, 0.05) is 30.8 Å². The molecule has 0 aromatic carbocycles. The number of likely N-dealkylation sites (N-methyl/N-ethyl adjacent to an activating group) is 1. The molecular weight excluding hydrogens is 442 g/mol. The van der Waals surface area contributed by atoms with E-state index in [2.05, 4.69) is 30.5 Å². The number of nitrogens with zero attached hydrogens (tertiary/aromatic N) is 4. The Morgan fingerprint density at radius 1 is 1.33 bits per heavy atom. The summed E-state index contributed by atoms with van der Waals surface area (Å²) in [5.74, 6) is -1.07. The van der Waals surface area contributed by atoms with Gasteiger partial charge >= 0.3 is 5.97 Å². The monoisotopic (exact) mass is 470 g/mol. The third-order valence-corrected chi connectivity index (χ3v) is 5.42. The molecule has 33 heavy (non-hydrogen) atoms. The number of carbonyl (C=O) groups is 3. The van der Waals surface area contributed by atoms with Gasteiger partial charge in [-0.3, -0.25) is 9.69 Å². The SMILES string of the molecule is C[13C](=O)[13CH2][13CH2][13C@H](NC(=O)[13C]1=[13CH][13CH2][13CH](N(C)[13CH2][13CH]2[13CH]=Nc3nc(N)nc(N)c3N2)[13CH]=[13CH]1)[13C](=O)O. The Hall–Kier alpha value is -3.80. The smallest absolute Gasteiger partial charge is 0.326 e. The van der Waals surface area contributed by atoms with E-state index in [-0.39, 0.29) is 42.5 Å². The van der Waals surface area contributed by atoms with Gasteiger partial charge in [0.25, 0.3) is 5.91 Å². The third-order valence-electron chi connectivity index (χ3n) is 5.42. The molecule has 12 nitrogen and oxygen atoms in total. The largest absolute Gasteiger partial charge is 0.480 e. The van der Waals surface area contributed by atoms with E-state index in [1.54, 1.807) is 18.4 Å². The van der Waals surface area contributed by atoms with E-state index in [1.165, 1.54) is 6.92 Å². The van der Waals surface area contributed by atoms with Gasteiger partial charge in [-0.15, -0.1) is 0 Å². The van der Waals surface area contributed by atoms with Gasteiger partial charge in [-0.25, -0.2) is 9.79 Å². The van der Waals surface area contributed by atoms with Crippen molar-refractivity contribution in [3.8, 4) is 0 Å². The second-order valence-electron chi connectivity index (χ2n) is 8.06. The predicted molar refractivity (Wildman–Crippen MR) is 124 cm³/mol. The highest BCUT2D eigenvalue weighted by atomic mass is 16.5. The lowest BCUT2D eigenvalue weighted by molar-refractivity contribution is -0.141. The van der Waals surface area contributed by atoms with Gasteiger partial charge in [-0.05, 0) is 26.8 Å². The first kappa shape index (κ1) is 23.9. The van der Waals surface area contributed by atoms with Crippen LogP contribution in [0.4, 0.5) is 23.3 Å². The lowest BCUT2D eigenvalue weighted by Crippen LogP contribution is -2.43. The van der Waals surface area contributed by atoms with Crippen molar-refractivity contribution in [3.05, 3.63) is 23.8 Å². The zero-order chi connectivity index (χ0) is 24.1. The summed E-state index contributed by atoms with van der Waals surface area (Å²) in [7, 11) is 1.95. The van der Waals surface area contributed by atoms with Crippen LogP contribution in [0.25, 0.3) is 0 Å². The number of fused-ring (bicyclic) bond motifs is 1. The number of amides is 1. The van der Waals surface area contributed by atoms with Crippen LogP contribution in [0.2, 0.25) is 0 Å². The van der Waals surface area contributed by atoms with Crippen LogP contribution in [0.15, 0.2) is 28.8 Å². The fourth-order valence-corrected chi connectivity index (χ4v) is 3.59. The Morgan fingerprint density at radius 3 is 2.73 bits per heavy atom. The van der Waals surface area contributed by atoms with Crippen molar-refractivity contribution in [2.75, 3.05) is 30.4 Å². The molecule has 3 atom stereocenters. The highest BCUT2D eigenvalue weighted by Crippen LogP contribution is 2.31. The van der Waals surface area contributed by atoms with Crippen LogP contribution in [0, 0.1) is 0 Å². The van der Waals surface area contributed by atoms with Gasteiger partial charge in [0.15, 0.2) is 11.6 Å². The Bertz CT molecular complexity index is 1040. The van der Waals surface area contributed by atoms with E-state index >= 15 is 0 Å². The van der Waals surface area contributed by atoms with Crippen LogP contribution in [0.5, 0.6) is 0 Å². The highest BCUT2D eigenvalue weighted by Gasteiger charge is 2.25. The molecule has 0 saturated heterocycles. The number of nitrogen functional groups attached to an aromatic ring is 2. The maximum atomic E-state index is 12.5. The zero-order valence-electron chi connectivity index (χ0n) is 18.5. The molecule has 1 aliphatic carbocycles. The van der Waals surface area contributed by atoms with Crippen molar-refractivity contribution in [1.82, 2.24) is 20.2 Å². The summed E-state index contributed by atoms with van der Waals surface area (Å²) in [4.78, 5) is 49.4. The van der Waals surface area contributed by atoms with Crippen molar-refractivity contribution >= 4 is 47.1 Å². The van der Waals surface area contributed by atoms with Crippen LogP contribution >= 0.6 is 0 Å². The average Bonchev–Trinajstić information content (AvgIpc) is 2.76. The highest BCUT2D eigenvalue weighted by molar-refractivity contribution is 5.98. The van der Waals surface area contributed by atoms with E-state index in [1.807, 2.05) is 13.1 Å². The number of aliphatic imine (C=N–C) groups is 1. The predicted octanol–water partition coefficient (Wildman–Crippen LogP) is 0.263. The number of ketones is 1. The van der Waals surface area contributed by atoms with Crippen LogP contribution in [0.1, 0.15) is 26.2 Å². The molecule has 2 aliphatic rings. The maximum absolute atomic E-state index is 12.5. The van der Waals surface area contributed by atoms with E-state index in [0.717, 1.165) is 0 Å². The molecule has 0 radical (unpaired) electrons. The van der Waals surface area contributed by atoms with E-state index in [4.69, 9.17) is 11.5 Å².